The van der Waals surface area contributed by atoms with Crippen LogP contribution in [0.3, 0.4) is 0 Å². The molecule has 0 unspecified atom stereocenters. The molecule has 16 rings (SSSR count). The Morgan fingerprint density at radius 2 is 0.847 bits per heavy atom. The molecule has 2 N–H and O–H groups in total. The van der Waals surface area contributed by atoms with Crippen LogP contribution < -0.4 is 0 Å². The van der Waals surface area contributed by atoms with E-state index in [-0.39, 0.29) is 117 Å². The van der Waals surface area contributed by atoms with Gasteiger partial charge in [0.1, 0.15) is 0 Å². The molecule has 7 nitrogen and oxygen atoms in total. The number of carbonyl (C=O) groups excluding carboxylic acids is 1. The molecule has 1 aliphatic rings. The first-order valence-corrected chi connectivity index (χ1v) is 30.7. The molecule has 1 aliphatic carbocycles. The van der Waals surface area contributed by atoms with Crippen molar-refractivity contribution in [3.8, 4) is 67.4 Å². The van der Waals surface area contributed by atoms with Crippen molar-refractivity contribution in [1.82, 2.24) is 24.9 Å². The second-order valence-electron chi connectivity index (χ2n) is 22.6. The number of allylic oxidation sites excluding steroid dienone is 2. The predicted molar refractivity (Wildman–Crippen MR) is 384 cm³/mol. The van der Waals surface area contributed by atoms with E-state index in [2.05, 4.69) is 180 Å². The van der Waals surface area contributed by atoms with Crippen LogP contribution in [0.2, 0.25) is 0 Å². The zero-order chi connectivity index (χ0) is 64.4. The summed E-state index contributed by atoms with van der Waals surface area (Å²) in [6, 6.07) is 110. The Hall–Kier alpha value is -8.55. The van der Waals surface area contributed by atoms with E-state index in [1.54, 1.807) is 6.20 Å². The number of pyridine rings is 5. The van der Waals surface area contributed by atoms with Gasteiger partial charge < -0.3 is 20.1 Å². The van der Waals surface area contributed by atoms with E-state index in [9.17, 15) is 0 Å². The second kappa shape index (κ2) is 38.6. The first-order chi connectivity index (χ1) is 45.5. The number of hydrogen-bond donors (Lipinski definition) is 1. The number of benzene rings is 10. The van der Waals surface area contributed by atoms with Gasteiger partial charge >= 0.3 is 5.78 Å². The van der Waals surface area contributed by atoms with Gasteiger partial charge in [0, 0.05) is 119 Å². The third kappa shape index (κ3) is 20.3. The maximum absolute atomic E-state index is 8.40. The van der Waals surface area contributed by atoms with Crippen molar-refractivity contribution in [1.29, 1.82) is 0 Å². The third-order valence-corrected chi connectivity index (χ3v) is 15.6. The van der Waals surface area contributed by atoms with Gasteiger partial charge in [0.25, 0.3) is 0 Å². The molecule has 0 aliphatic heterocycles. The number of para-hydroxylation sites is 2. The number of rotatable bonds is 6. The number of aliphatic hydroxyl groups is 1. The molecule has 0 bridgehead atoms. The summed E-state index contributed by atoms with van der Waals surface area (Å²) in [7, 11) is 0. The Balaban J connectivity index is 0.000000190. The summed E-state index contributed by atoms with van der Waals surface area (Å²) in [5, 5.41) is 15.5. The summed E-state index contributed by atoms with van der Waals surface area (Å²) in [6.07, 6.45) is 6.76. The van der Waals surface area contributed by atoms with Crippen LogP contribution in [0.1, 0.15) is 44.4 Å². The summed E-state index contributed by atoms with van der Waals surface area (Å²) in [6.45, 7) is 9.67. The number of hydrogen-bond acceptors (Lipinski definition) is 6. The molecule has 497 valence electrons. The second-order valence-corrected chi connectivity index (χ2v) is 22.6. The van der Waals surface area contributed by atoms with Crippen LogP contribution in [0.5, 0.6) is 0 Å². The number of aliphatic hydroxyl groups excluding tert-OH is 1. The fourth-order valence-corrected chi connectivity index (χ4v) is 11.0. The van der Waals surface area contributed by atoms with Crippen LogP contribution in [0.4, 0.5) is 0 Å². The number of aromatic nitrogens is 5. The van der Waals surface area contributed by atoms with Gasteiger partial charge in [-0.25, -0.2) is 0 Å². The molecule has 12 heteroatoms. The summed E-state index contributed by atoms with van der Waals surface area (Å²) in [5.41, 5.74) is 18.8. The molecule has 0 fully saturated rings. The third-order valence-electron chi connectivity index (χ3n) is 15.6. The minimum Gasteiger partial charge on any atom is -0.512 e. The van der Waals surface area contributed by atoms with E-state index < -0.39 is 0 Å². The van der Waals surface area contributed by atoms with E-state index in [0.29, 0.717) is 0 Å². The Bertz CT molecular complexity index is 4970. The van der Waals surface area contributed by atoms with Gasteiger partial charge in [-0.3, -0.25) is 14.8 Å². The summed E-state index contributed by atoms with van der Waals surface area (Å²) >= 11 is 0. The van der Waals surface area contributed by atoms with Gasteiger partial charge in [0.2, 0.25) is 0 Å². The molecule has 10 aromatic carbocycles. The van der Waals surface area contributed by atoms with Crippen molar-refractivity contribution in [2.75, 3.05) is 0 Å². The number of aryl methyl sites for hydroxylation is 1. The van der Waals surface area contributed by atoms with Crippen LogP contribution in [0, 0.1) is 37.3 Å². The summed E-state index contributed by atoms with van der Waals surface area (Å²) in [5.74, 6) is 0.250. The summed E-state index contributed by atoms with van der Waals surface area (Å²) < 4.78 is 0. The maximum Gasteiger partial charge on any atom is 0.316 e. The standard InChI is InChI=1S/C24H18N.C16H12N.2C15H10N.C11H8N.C5H8O2.5Ir/c1-24(2)20-9-5-4-8-18(20)19-13-11-17(15-21(19)24)23-14-12-16-7-3-6-10-22(16)25-23;1-12-6-8-14(9-7-12)16-15-5-3-2-4-13(15)10-11-17-16;1-2-7-13(8-3-1)15-14-9-5-4-6-12(14)10-11-16-15;1-2-6-12(7-3-1)15-11-10-13-8-4-5-9-14(13)16-15;1-2-6-10(7-3-1)11-8-4-5-9-12-11;1-4(6)3-5(2)7;;;;;/h3-10,12-15H,1-2H3;2-8,10-11H,1H3;1-7,9-11H;1-6,8-11H;1-6,8-9H;3,6H,1-2H3;;;;;/q5*-1;;;;;;/p+1. The first kappa shape index (κ1) is 78.4. The fraction of sp³-hybridized carbons (Fsp3) is 0.0698. The van der Waals surface area contributed by atoms with E-state index in [1.807, 2.05) is 182 Å². The minimum absolute atomic E-state index is 0. The molecule has 15 aromatic rings. The fourth-order valence-electron chi connectivity index (χ4n) is 11.0. The van der Waals surface area contributed by atoms with Gasteiger partial charge in [-0.2, -0.15) is 0 Å². The van der Waals surface area contributed by atoms with Crippen LogP contribution in [0.15, 0.2) is 309 Å². The maximum atomic E-state index is 8.40. The molecular weight excluding hydrogens is 2100 g/mol. The van der Waals surface area contributed by atoms with Crippen molar-refractivity contribution in [2.24, 2.45) is 0 Å². The smallest absolute Gasteiger partial charge is 0.316 e. The molecule has 5 radical (unpaired) electrons. The van der Waals surface area contributed by atoms with Crippen molar-refractivity contribution in [2.45, 2.75) is 40.0 Å². The van der Waals surface area contributed by atoms with Crippen molar-refractivity contribution in [3.63, 3.8) is 0 Å². The van der Waals surface area contributed by atoms with Crippen molar-refractivity contribution >= 4 is 49.1 Å². The predicted octanol–water partition coefficient (Wildman–Crippen LogP) is 21.0. The van der Waals surface area contributed by atoms with Gasteiger partial charge in [0.05, 0.1) is 29.8 Å². The molecule has 0 amide bonds. The van der Waals surface area contributed by atoms with Crippen LogP contribution in [-0.2, 0) is 106 Å². The quantitative estimate of drug-likeness (QED) is 0.0769. The molecule has 0 spiro atoms. The number of nitrogens with zero attached hydrogens (tertiary/aromatic N) is 5. The molecule has 98 heavy (non-hydrogen) atoms. The SMILES string of the molecule is CC(=[OH+])C=C(C)O.CC1(C)c2ccccc2-c2c[c-]c(-c3ccc4ccccc4n3)cc21.Cc1c[c-]c(-c2nccc3ccccc23)cc1.[Ir].[Ir].[Ir].[Ir].[Ir].[c-]1ccccc1-c1ccc2ccccc2n1.[c-]1ccccc1-c1ccccn1.[c-]1ccccc1-c1nccc2ccccc12. The Kier molecular flexibility index (Phi) is 30.9. The van der Waals surface area contributed by atoms with E-state index in [0.717, 1.165) is 67.3 Å². The number of fused-ring (bicyclic) bond motifs is 7. The molecular formula is C86H67Ir5N5O2-4. The van der Waals surface area contributed by atoms with Gasteiger partial charge in [-0.1, -0.05) is 177 Å². The first-order valence-electron chi connectivity index (χ1n) is 30.7. The van der Waals surface area contributed by atoms with Crippen LogP contribution in [-0.4, -0.2) is 40.6 Å². The molecule has 0 atom stereocenters. The normalized spacial score (nSPS) is 10.9. The molecule has 5 heterocycles. The van der Waals surface area contributed by atoms with Crippen molar-refractivity contribution in [3.05, 3.63) is 357 Å². The van der Waals surface area contributed by atoms with E-state index in [4.69, 9.17) is 14.9 Å². The topological polar surface area (TPSA) is 106 Å². The van der Waals surface area contributed by atoms with Gasteiger partial charge in [-0.15, -0.1) is 172 Å². The Morgan fingerprint density at radius 3 is 1.34 bits per heavy atom. The van der Waals surface area contributed by atoms with Crippen LogP contribution in [0.25, 0.3) is 111 Å². The Morgan fingerprint density at radius 1 is 0.388 bits per heavy atom. The summed E-state index contributed by atoms with van der Waals surface area (Å²) in [4.78, 5) is 31.0. The van der Waals surface area contributed by atoms with E-state index in [1.165, 1.54) is 80.1 Å². The average molecular weight is 2160 g/mol. The minimum atomic E-state index is 0. The molecule has 5 aromatic heterocycles. The van der Waals surface area contributed by atoms with Gasteiger partial charge in [0.15, 0.2) is 0 Å². The zero-order valence-corrected chi connectivity index (χ0v) is 66.1. The Labute approximate surface area is 642 Å². The van der Waals surface area contributed by atoms with Crippen LogP contribution >= 0.6 is 0 Å². The van der Waals surface area contributed by atoms with Gasteiger partial charge in [-0.05, 0) is 109 Å². The average Bonchev–Trinajstić information content (AvgIpc) is 1.58. The largest absolute Gasteiger partial charge is 0.512 e. The molecule has 0 saturated carbocycles. The molecule has 0 saturated heterocycles. The number of ketones is 1. The zero-order valence-electron chi connectivity index (χ0n) is 54.2. The van der Waals surface area contributed by atoms with Crippen molar-refractivity contribution < 1.29 is 110 Å². The monoisotopic (exact) mass is 2170 g/mol. The van der Waals surface area contributed by atoms with E-state index >= 15 is 0 Å².